The van der Waals surface area contributed by atoms with Crippen LogP contribution >= 0.6 is 35.7 Å². The van der Waals surface area contributed by atoms with Crippen molar-refractivity contribution in [3.05, 3.63) is 5.82 Å². The molecule has 0 fully saturated rings. The fourth-order valence-electron chi connectivity index (χ4n) is 2.06. The third kappa shape index (κ3) is 8.78. The highest BCUT2D eigenvalue weighted by Crippen LogP contribution is 2.16. The molecule has 0 saturated carbocycles. The van der Waals surface area contributed by atoms with E-state index in [0.717, 1.165) is 30.4 Å². The predicted molar refractivity (Wildman–Crippen MR) is 110 cm³/mol. The lowest BCUT2D eigenvalue weighted by Crippen LogP contribution is -2.45. The Hall–Kier alpha value is -0.510. The lowest BCUT2D eigenvalue weighted by Gasteiger charge is -2.20. The molecule has 3 N–H and O–H groups in total. The van der Waals surface area contributed by atoms with Crippen LogP contribution in [-0.2, 0) is 13.0 Å². The number of rotatable bonds is 7. The molecule has 0 atom stereocenters. The fraction of sp³-hybridized carbons (Fsp3) is 0.800. The van der Waals surface area contributed by atoms with E-state index in [9.17, 15) is 0 Å². The standard InChI is InChI=1S/C15H30N6S.HI/c1-11(2)10-21-12(19-20-14(21)22-6)8-7-9-17-13(16)18-15(3,4)5;/h11H,7-10H2,1-6H3,(H3,16,17,18);1H. The van der Waals surface area contributed by atoms with Crippen molar-refractivity contribution in [2.45, 2.75) is 64.7 Å². The average Bonchev–Trinajstić information content (AvgIpc) is 2.74. The second-order valence-corrected chi connectivity index (χ2v) is 7.63. The highest BCUT2D eigenvalue weighted by atomic mass is 127. The van der Waals surface area contributed by atoms with Crippen molar-refractivity contribution in [1.29, 1.82) is 0 Å². The Morgan fingerprint density at radius 2 is 2.00 bits per heavy atom. The second-order valence-electron chi connectivity index (χ2n) is 6.85. The lowest BCUT2D eigenvalue weighted by molar-refractivity contribution is 0.477. The molecule has 0 radical (unpaired) electrons. The molecule has 134 valence electrons. The molecule has 0 bridgehead atoms. The highest BCUT2D eigenvalue weighted by molar-refractivity contribution is 14.0. The summed E-state index contributed by atoms with van der Waals surface area (Å²) in [6.07, 6.45) is 3.82. The van der Waals surface area contributed by atoms with Crippen LogP contribution in [0.5, 0.6) is 0 Å². The maximum atomic E-state index is 5.86. The van der Waals surface area contributed by atoms with Crippen LogP contribution in [0, 0.1) is 5.92 Å². The third-order valence-electron chi connectivity index (χ3n) is 2.87. The normalized spacial score (nSPS) is 12.4. The van der Waals surface area contributed by atoms with Crippen LogP contribution in [0.1, 0.15) is 46.9 Å². The maximum absolute atomic E-state index is 5.86. The van der Waals surface area contributed by atoms with Crippen LogP contribution in [0.15, 0.2) is 10.1 Å². The molecule has 0 aliphatic carbocycles. The highest BCUT2D eigenvalue weighted by Gasteiger charge is 2.12. The van der Waals surface area contributed by atoms with Gasteiger partial charge in [-0.3, -0.25) is 4.99 Å². The van der Waals surface area contributed by atoms with E-state index >= 15 is 0 Å². The molecule has 1 aromatic heterocycles. The van der Waals surface area contributed by atoms with Gasteiger partial charge in [0, 0.05) is 25.0 Å². The number of thioether (sulfide) groups is 1. The van der Waals surface area contributed by atoms with Crippen LogP contribution in [0.25, 0.3) is 0 Å². The van der Waals surface area contributed by atoms with Crippen molar-refractivity contribution in [2.75, 3.05) is 12.8 Å². The summed E-state index contributed by atoms with van der Waals surface area (Å²) in [4.78, 5) is 4.36. The molecule has 1 heterocycles. The Bertz CT molecular complexity index is 493. The minimum absolute atomic E-state index is 0. The van der Waals surface area contributed by atoms with Crippen LogP contribution in [0.4, 0.5) is 0 Å². The van der Waals surface area contributed by atoms with Gasteiger partial charge in [-0.05, 0) is 39.4 Å². The van der Waals surface area contributed by atoms with E-state index in [2.05, 4.69) is 59.7 Å². The minimum atomic E-state index is -0.0573. The van der Waals surface area contributed by atoms with Gasteiger partial charge in [0.1, 0.15) is 5.82 Å². The number of aromatic nitrogens is 3. The molecular formula is C15H31IN6S. The quantitative estimate of drug-likeness (QED) is 0.218. The number of guanidine groups is 1. The fourth-order valence-corrected chi connectivity index (χ4v) is 2.59. The average molecular weight is 454 g/mol. The van der Waals surface area contributed by atoms with Crippen molar-refractivity contribution < 1.29 is 0 Å². The summed E-state index contributed by atoms with van der Waals surface area (Å²) in [5, 5.41) is 12.7. The molecule has 0 aliphatic heterocycles. The first-order chi connectivity index (χ1) is 10.2. The zero-order valence-corrected chi connectivity index (χ0v) is 18.2. The molecule has 8 heteroatoms. The largest absolute Gasteiger partial charge is 0.370 e. The Morgan fingerprint density at radius 1 is 1.35 bits per heavy atom. The van der Waals surface area contributed by atoms with Crippen molar-refractivity contribution in [1.82, 2.24) is 20.1 Å². The zero-order chi connectivity index (χ0) is 16.8. The van der Waals surface area contributed by atoms with Gasteiger partial charge in [0.05, 0.1) is 0 Å². The number of hydrogen-bond donors (Lipinski definition) is 2. The molecule has 1 rings (SSSR count). The Morgan fingerprint density at radius 3 is 2.52 bits per heavy atom. The van der Waals surface area contributed by atoms with Crippen LogP contribution in [0.3, 0.4) is 0 Å². The zero-order valence-electron chi connectivity index (χ0n) is 15.1. The minimum Gasteiger partial charge on any atom is -0.370 e. The molecule has 23 heavy (non-hydrogen) atoms. The first-order valence-electron chi connectivity index (χ1n) is 7.77. The third-order valence-corrected chi connectivity index (χ3v) is 3.53. The molecule has 0 aromatic carbocycles. The lowest BCUT2D eigenvalue weighted by atomic mass is 10.1. The van der Waals surface area contributed by atoms with Gasteiger partial charge < -0.3 is 15.6 Å². The maximum Gasteiger partial charge on any atom is 0.190 e. The van der Waals surface area contributed by atoms with Gasteiger partial charge in [-0.15, -0.1) is 34.2 Å². The Kier molecular flexibility index (Phi) is 10.1. The van der Waals surface area contributed by atoms with Crippen LogP contribution in [-0.4, -0.2) is 39.1 Å². The smallest absolute Gasteiger partial charge is 0.190 e. The summed E-state index contributed by atoms with van der Waals surface area (Å²) in [5.74, 6) is 2.11. The van der Waals surface area contributed by atoms with E-state index in [1.165, 1.54) is 0 Å². The van der Waals surface area contributed by atoms with E-state index in [-0.39, 0.29) is 29.5 Å². The van der Waals surface area contributed by atoms with Crippen molar-refractivity contribution >= 4 is 41.7 Å². The summed E-state index contributed by atoms with van der Waals surface area (Å²) in [7, 11) is 0. The van der Waals surface area contributed by atoms with Gasteiger partial charge in [-0.2, -0.15) is 0 Å². The van der Waals surface area contributed by atoms with Gasteiger partial charge in [0.15, 0.2) is 11.1 Å². The summed E-state index contributed by atoms with van der Waals surface area (Å²) < 4.78 is 2.22. The molecule has 1 aromatic rings. The van der Waals surface area contributed by atoms with Crippen molar-refractivity contribution in [3.8, 4) is 0 Å². The number of aryl methyl sites for hydroxylation is 1. The molecule has 0 unspecified atom stereocenters. The number of nitrogens with zero attached hydrogens (tertiary/aromatic N) is 4. The van der Waals surface area contributed by atoms with E-state index in [4.69, 9.17) is 5.73 Å². The van der Waals surface area contributed by atoms with Crippen LogP contribution < -0.4 is 11.1 Å². The summed E-state index contributed by atoms with van der Waals surface area (Å²) >= 11 is 1.64. The van der Waals surface area contributed by atoms with E-state index in [1.807, 2.05) is 6.26 Å². The van der Waals surface area contributed by atoms with Crippen molar-refractivity contribution in [3.63, 3.8) is 0 Å². The number of aliphatic imine (C=N–C) groups is 1. The molecule has 0 amide bonds. The van der Waals surface area contributed by atoms with E-state index in [1.54, 1.807) is 11.8 Å². The van der Waals surface area contributed by atoms with Gasteiger partial charge in [-0.1, -0.05) is 25.6 Å². The summed E-state index contributed by atoms with van der Waals surface area (Å²) in [5.41, 5.74) is 5.81. The van der Waals surface area contributed by atoms with Gasteiger partial charge in [0.2, 0.25) is 0 Å². The van der Waals surface area contributed by atoms with Gasteiger partial charge in [-0.25, -0.2) is 0 Å². The van der Waals surface area contributed by atoms with E-state index < -0.39 is 0 Å². The summed E-state index contributed by atoms with van der Waals surface area (Å²) in [6.45, 7) is 12.2. The number of nitrogens with two attached hydrogens (primary N) is 1. The van der Waals surface area contributed by atoms with Crippen LogP contribution in [0.2, 0.25) is 0 Å². The monoisotopic (exact) mass is 454 g/mol. The number of hydrogen-bond acceptors (Lipinski definition) is 4. The molecule has 0 spiro atoms. The number of halogens is 1. The predicted octanol–water partition coefficient (Wildman–Crippen LogP) is 2.91. The second kappa shape index (κ2) is 10.4. The summed E-state index contributed by atoms with van der Waals surface area (Å²) in [6, 6.07) is 0. The first kappa shape index (κ1) is 22.5. The molecule has 0 aliphatic rings. The van der Waals surface area contributed by atoms with Gasteiger partial charge in [0.25, 0.3) is 0 Å². The van der Waals surface area contributed by atoms with Gasteiger partial charge >= 0.3 is 0 Å². The molecular weight excluding hydrogens is 423 g/mol. The Labute approximate surface area is 161 Å². The number of nitrogens with one attached hydrogen (secondary N) is 1. The topological polar surface area (TPSA) is 81.1 Å². The van der Waals surface area contributed by atoms with Crippen molar-refractivity contribution in [2.24, 2.45) is 16.6 Å². The Balaban J connectivity index is 0.00000484. The SMILES string of the molecule is CSc1nnc(CCCN=C(N)NC(C)(C)C)n1CC(C)C.I. The molecule has 0 saturated heterocycles. The first-order valence-corrected chi connectivity index (χ1v) is 8.99. The van der Waals surface area contributed by atoms with E-state index in [0.29, 0.717) is 18.4 Å². The molecule has 6 nitrogen and oxygen atoms in total.